The predicted octanol–water partition coefficient (Wildman–Crippen LogP) is 1.66. The second-order valence-electron chi connectivity index (χ2n) is 2.98. The summed E-state index contributed by atoms with van der Waals surface area (Å²) in [6, 6.07) is 6.81. The fraction of sp³-hybridized carbons (Fsp3) is 0.222. The van der Waals surface area contributed by atoms with Crippen LogP contribution < -0.4 is 10.2 Å². The molecule has 0 aliphatic rings. The molecule has 7 heteroatoms. The molecule has 0 spiro atoms. The maximum atomic E-state index is 10.9. The van der Waals surface area contributed by atoms with Gasteiger partial charge in [-0.3, -0.25) is 5.43 Å². The zero-order chi connectivity index (χ0) is 12.2. The van der Waals surface area contributed by atoms with Gasteiger partial charge in [0.2, 0.25) is 14.3 Å². The molecule has 0 saturated carbocycles. The van der Waals surface area contributed by atoms with Gasteiger partial charge in [-0.2, -0.15) is 5.10 Å². The van der Waals surface area contributed by atoms with E-state index in [1.807, 2.05) is 0 Å². The first-order chi connectivity index (χ1) is 7.43. The molecule has 1 N–H and O–H groups in total. The molecule has 1 aromatic carbocycles. The van der Waals surface area contributed by atoms with Crippen molar-refractivity contribution in [2.75, 3.05) is 18.8 Å². The third-order valence-corrected chi connectivity index (χ3v) is 3.30. The summed E-state index contributed by atoms with van der Waals surface area (Å²) >= 11 is 5.44. The summed E-state index contributed by atoms with van der Waals surface area (Å²) in [5, 5.41) is 3.52. The Hall–Kier alpha value is -1.27. The van der Waals surface area contributed by atoms with Crippen molar-refractivity contribution in [2.24, 2.45) is 5.10 Å². The highest BCUT2D eigenvalue weighted by Crippen LogP contribution is 2.15. The average molecular weight is 263 g/mol. The molecule has 16 heavy (non-hydrogen) atoms. The highest BCUT2D eigenvalue weighted by molar-refractivity contribution is 8.08. The third kappa shape index (κ3) is 3.71. The molecule has 88 valence electrons. The molecule has 0 bridgehead atoms. The Kier molecular flexibility index (Phi) is 4.14. The number of ether oxygens (including phenoxy) is 1. The number of hydrogen-bond donors (Lipinski definition) is 1. The number of methoxy groups -OCH3 is 1. The number of sulfone groups is 1. The lowest BCUT2D eigenvalue weighted by Crippen LogP contribution is -2.07. The van der Waals surface area contributed by atoms with Gasteiger partial charge in [-0.15, -0.1) is 0 Å². The van der Waals surface area contributed by atoms with Gasteiger partial charge in [0.1, 0.15) is 5.75 Å². The normalized spacial score (nSPS) is 12.3. The van der Waals surface area contributed by atoms with E-state index in [-0.39, 0.29) is 0 Å². The summed E-state index contributed by atoms with van der Waals surface area (Å²) in [6.45, 7) is 0. The fourth-order valence-electron chi connectivity index (χ4n) is 0.857. The van der Waals surface area contributed by atoms with Gasteiger partial charge in [-0.05, 0) is 35.9 Å². The lowest BCUT2D eigenvalue weighted by atomic mass is 10.3. The minimum absolute atomic E-state index is 0.483. The monoisotopic (exact) mass is 262 g/mol. The van der Waals surface area contributed by atoms with Crippen LogP contribution in [0, 0.1) is 0 Å². The first-order valence-corrected chi connectivity index (χ1v) is 6.54. The van der Waals surface area contributed by atoms with E-state index in [0.29, 0.717) is 11.4 Å². The Balaban J connectivity index is 2.75. The van der Waals surface area contributed by atoms with E-state index in [4.69, 9.17) is 16.3 Å². The van der Waals surface area contributed by atoms with Crippen LogP contribution >= 0.6 is 11.6 Å². The SMILES string of the molecule is COc1ccc(N/N=C(\Cl)S(C)(=O)=O)cc1. The molecule has 0 aliphatic carbocycles. The molecule has 0 fully saturated rings. The lowest BCUT2D eigenvalue weighted by molar-refractivity contribution is 0.415. The highest BCUT2D eigenvalue weighted by atomic mass is 35.5. The minimum Gasteiger partial charge on any atom is -0.497 e. The topological polar surface area (TPSA) is 67.8 Å². The van der Waals surface area contributed by atoms with Gasteiger partial charge in [0, 0.05) is 6.26 Å². The Morgan fingerprint density at radius 3 is 2.38 bits per heavy atom. The summed E-state index contributed by atoms with van der Waals surface area (Å²) in [4.78, 5) is 0. The number of hydrogen-bond acceptors (Lipinski definition) is 5. The number of anilines is 1. The maximum Gasteiger partial charge on any atom is 0.240 e. The molecule has 0 unspecified atom stereocenters. The molecular formula is C9H11ClN2O3S. The van der Waals surface area contributed by atoms with Gasteiger partial charge in [0.15, 0.2) is 0 Å². The van der Waals surface area contributed by atoms with E-state index < -0.39 is 14.3 Å². The van der Waals surface area contributed by atoms with Crippen LogP contribution in [0.1, 0.15) is 0 Å². The van der Waals surface area contributed by atoms with Crippen molar-refractivity contribution in [3.8, 4) is 5.75 Å². The molecule has 0 heterocycles. The molecule has 0 saturated heterocycles. The second-order valence-corrected chi connectivity index (χ2v) is 5.49. The number of nitrogens with one attached hydrogen (secondary N) is 1. The van der Waals surface area contributed by atoms with E-state index in [0.717, 1.165) is 6.26 Å². The van der Waals surface area contributed by atoms with Crippen LogP contribution in [0.3, 0.4) is 0 Å². The smallest absolute Gasteiger partial charge is 0.240 e. The highest BCUT2D eigenvalue weighted by Gasteiger charge is 2.09. The molecule has 1 rings (SSSR count). The van der Waals surface area contributed by atoms with Crippen molar-refractivity contribution in [3.63, 3.8) is 0 Å². The summed E-state index contributed by atoms with van der Waals surface area (Å²) in [5.41, 5.74) is 3.14. The van der Waals surface area contributed by atoms with Crippen LogP contribution in [0.2, 0.25) is 0 Å². The van der Waals surface area contributed by atoms with Crippen molar-refractivity contribution >= 4 is 31.6 Å². The van der Waals surface area contributed by atoms with Crippen molar-refractivity contribution in [1.82, 2.24) is 0 Å². The first-order valence-electron chi connectivity index (χ1n) is 4.27. The van der Waals surface area contributed by atoms with Crippen LogP contribution in [-0.4, -0.2) is 26.3 Å². The minimum atomic E-state index is -3.46. The Bertz CT molecular complexity index is 482. The van der Waals surface area contributed by atoms with Crippen molar-refractivity contribution in [1.29, 1.82) is 0 Å². The van der Waals surface area contributed by atoms with Crippen molar-refractivity contribution in [3.05, 3.63) is 24.3 Å². The Labute approximate surface area is 99.0 Å². The third-order valence-electron chi connectivity index (χ3n) is 1.67. The average Bonchev–Trinajstić information content (AvgIpc) is 2.25. The van der Waals surface area contributed by atoms with E-state index in [1.54, 1.807) is 31.4 Å². The molecule has 0 atom stereocenters. The first kappa shape index (κ1) is 12.8. The number of nitrogens with zero attached hydrogens (tertiary/aromatic N) is 1. The van der Waals surface area contributed by atoms with E-state index in [1.165, 1.54) is 0 Å². The Morgan fingerprint density at radius 1 is 1.38 bits per heavy atom. The van der Waals surface area contributed by atoms with E-state index >= 15 is 0 Å². The number of rotatable bonds is 3. The van der Waals surface area contributed by atoms with Crippen LogP contribution in [0.4, 0.5) is 5.69 Å². The Morgan fingerprint density at radius 2 is 1.94 bits per heavy atom. The number of halogens is 1. The molecule has 0 aliphatic heterocycles. The zero-order valence-electron chi connectivity index (χ0n) is 8.77. The summed E-state index contributed by atoms with van der Waals surface area (Å²) in [6.07, 6.45) is 0.981. The fourth-order valence-corrected chi connectivity index (χ4v) is 1.11. The zero-order valence-corrected chi connectivity index (χ0v) is 10.3. The lowest BCUT2D eigenvalue weighted by Gasteiger charge is -2.02. The maximum absolute atomic E-state index is 10.9. The standard InChI is InChI=1S/C9H11ClN2O3S/c1-15-8-5-3-7(4-6-8)11-12-9(10)16(2,13)14/h3-6,11H,1-2H3/b12-9+. The van der Waals surface area contributed by atoms with Crippen LogP contribution in [0.15, 0.2) is 29.4 Å². The quantitative estimate of drug-likeness (QED) is 0.511. The van der Waals surface area contributed by atoms with Crippen LogP contribution in [0.25, 0.3) is 0 Å². The van der Waals surface area contributed by atoms with Gasteiger partial charge in [0.05, 0.1) is 12.8 Å². The van der Waals surface area contributed by atoms with Crippen molar-refractivity contribution < 1.29 is 13.2 Å². The molecule has 0 amide bonds. The van der Waals surface area contributed by atoms with Gasteiger partial charge < -0.3 is 4.74 Å². The number of benzene rings is 1. The van der Waals surface area contributed by atoms with Gasteiger partial charge in [-0.1, -0.05) is 0 Å². The predicted molar refractivity (Wildman–Crippen MR) is 64.7 cm³/mol. The van der Waals surface area contributed by atoms with Crippen LogP contribution in [0.5, 0.6) is 5.75 Å². The summed E-state index contributed by atoms with van der Waals surface area (Å²) in [5.74, 6) is 0.698. The molecule has 1 aromatic rings. The molecule has 5 nitrogen and oxygen atoms in total. The summed E-state index contributed by atoms with van der Waals surface area (Å²) in [7, 11) is -1.90. The largest absolute Gasteiger partial charge is 0.497 e. The van der Waals surface area contributed by atoms with Crippen molar-refractivity contribution in [2.45, 2.75) is 0 Å². The van der Waals surface area contributed by atoms with Gasteiger partial charge in [0.25, 0.3) is 0 Å². The summed E-state index contributed by atoms with van der Waals surface area (Å²) < 4.78 is 26.3. The molecular weight excluding hydrogens is 252 g/mol. The van der Waals surface area contributed by atoms with E-state index in [9.17, 15) is 8.42 Å². The second kappa shape index (κ2) is 5.18. The van der Waals surface area contributed by atoms with Gasteiger partial charge >= 0.3 is 0 Å². The van der Waals surface area contributed by atoms with Gasteiger partial charge in [-0.25, -0.2) is 8.42 Å². The number of hydrazone groups is 1. The molecule has 0 aromatic heterocycles. The molecule has 0 radical (unpaired) electrons. The van der Waals surface area contributed by atoms with Crippen LogP contribution in [-0.2, 0) is 9.84 Å². The van der Waals surface area contributed by atoms with E-state index in [2.05, 4.69) is 10.5 Å².